The Kier molecular flexibility index (Phi) is 4.83. The van der Waals surface area contributed by atoms with E-state index in [0.29, 0.717) is 26.0 Å². The van der Waals surface area contributed by atoms with Crippen molar-refractivity contribution in [1.82, 2.24) is 4.98 Å². The smallest absolute Gasteiger partial charge is 0.355 e. The number of ether oxygens (including phenoxy) is 1. The third-order valence-corrected chi connectivity index (χ3v) is 4.45. The maximum atomic E-state index is 12.1. The molecule has 7 heteroatoms. The summed E-state index contributed by atoms with van der Waals surface area (Å²) >= 11 is 6.88. The number of rotatable bonds is 5. The van der Waals surface area contributed by atoms with Crippen molar-refractivity contribution in [1.29, 1.82) is 0 Å². The van der Waals surface area contributed by atoms with Gasteiger partial charge in [0.25, 0.3) is 0 Å². The number of aromatic amines is 1. The molecule has 0 atom stereocenters. The third kappa shape index (κ3) is 3.28. The topological polar surface area (TPSA) is 76.2 Å². The second kappa shape index (κ2) is 6.46. The number of carbonyl (C=O) groups excluding carboxylic acids is 3. The molecular weight excluding hydrogens is 326 g/mol. The van der Waals surface area contributed by atoms with Crippen LogP contribution in [-0.4, -0.2) is 29.1 Å². The van der Waals surface area contributed by atoms with E-state index in [9.17, 15) is 14.4 Å². The molecule has 0 unspecified atom stereocenters. The van der Waals surface area contributed by atoms with E-state index in [1.807, 2.05) is 0 Å². The second-order valence-corrected chi connectivity index (χ2v) is 6.50. The molecule has 0 amide bonds. The Morgan fingerprint density at radius 2 is 1.95 bits per heavy atom. The lowest BCUT2D eigenvalue weighted by molar-refractivity contribution is 0.0470. The highest BCUT2D eigenvalue weighted by atomic mass is 35.5. The third-order valence-electron chi connectivity index (χ3n) is 3.18. The van der Waals surface area contributed by atoms with Crippen molar-refractivity contribution >= 4 is 40.5 Å². The number of esters is 1. The highest BCUT2D eigenvalue weighted by Gasteiger charge is 2.21. The van der Waals surface area contributed by atoms with E-state index in [1.54, 1.807) is 26.0 Å². The molecule has 0 fully saturated rings. The van der Waals surface area contributed by atoms with E-state index < -0.39 is 5.97 Å². The van der Waals surface area contributed by atoms with Crippen LogP contribution in [0, 0.1) is 13.8 Å². The Hall–Kier alpha value is -1.92. The molecule has 0 aliphatic carbocycles. The van der Waals surface area contributed by atoms with Gasteiger partial charge in [0.1, 0.15) is 5.69 Å². The molecule has 0 bridgehead atoms. The fourth-order valence-electron chi connectivity index (χ4n) is 2.22. The molecule has 0 aromatic carbocycles. The van der Waals surface area contributed by atoms with E-state index >= 15 is 0 Å². The van der Waals surface area contributed by atoms with Crippen LogP contribution >= 0.6 is 22.9 Å². The van der Waals surface area contributed by atoms with Crippen molar-refractivity contribution in [3.8, 4) is 0 Å². The van der Waals surface area contributed by atoms with Crippen molar-refractivity contribution in [2.45, 2.75) is 20.8 Å². The molecule has 0 aliphatic rings. The van der Waals surface area contributed by atoms with Crippen molar-refractivity contribution in [2.24, 2.45) is 0 Å². The quantitative estimate of drug-likeness (QED) is 0.667. The molecule has 2 aromatic rings. The lowest BCUT2D eigenvalue weighted by atomic mass is 10.1. The molecule has 116 valence electrons. The van der Waals surface area contributed by atoms with Gasteiger partial charge in [-0.15, -0.1) is 11.3 Å². The summed E-state index contributed by atoms with van der Waals surface area (Å²) in [6, 6.07) is 3.19. The number of nitrogens with one attached hydrogen (secondary N) is 1. The highest BCUT2D eigenvalue weighted by Crippen LogP contribution is 2.22. The number of hydrogen-bond acceptors (Lipinski definition) is 5. The number of halogens is 1. The SMILES string of the molecule is CC(=O)c1c(C)[nH]c(C(=O)OCC(=O)c2ccc(Cl)s2)c1C. The number of Topliss-reactive ketones (excluding diaryl/α,β-unsaturated/α-hetero) is 2. The number of aryl methyl sites for hydroxylation is 1. The van der Waals surface area contributed by atoms with Crippen LogP contribution in [0.15, 0.2) is 12.1 Å². The van der Waals surface area contributed by atoms with E-state index in [-0.39, 0.29) is 23.9 Å². The van der Waals surface area contributed by atoms with Gasteiger partial charge in [-0.25, -0.2) is 4.79 Å². The summed E-state index contributed by atoms with van der Waals surface area (Å²) in [4.78, 5) is 38.7. The Morgan fingerprint density at radius 1 is 1.27 bits per heavy atom. The zero-order valence-corrected chi connectivity index (χ0v) is 13.9. The summed E-state index contributed by atoms with van der Waals surface area (Å²) in [5.74, 6) is -1.11. The summed E-state index contributed by atoms with van der Waals surface area (Å²) in [5.41, 5.74) is 1.80. The zero-order chi connectivity index (χ0) is 16.4. The molecule has 0 spiro atoms. The summed E-state index contributed by atoms with van der Waals surface area (Å²) in [6.07, 6.45) is 0. The first-order valence-electron chi connectivity index (χ1n) is 6.47. The van der Waals surface area contributed by atoms with Crippen molar-refractivity contribution in [2.75, 3.05) is 6.61 Å². The maximum Gasteiger partial charge on any atom is 0.355 e. The van der Waals surface area contributed by atoms with E-state index in [2.05, 4.69) is 4.98 Å². The first kappa shape index (κ1) is 16.5. The van der Waals surface area contributed by atoms with Crippen molar-refractivity contribution in [3.63, 3.8) is 0 Å². The van der Waals surface area contributed by atoms with Crippen molar-refractivity contribution in [3.05, 3.63) is 43.9 Å². The highest BCUT2D eigenvalue weighted by molar-refractivity contribution is 7.18. The van der Waals surface area contributed by atoms with Gasteiger partial charge in [-0.2, -0.15) is 0 Å². The molecule has 0 radical (unpaired) electrons. The van der Waals surface area contributed by atoms with Crippen LogP contribution in [0.3, 0.4) is 0 Å². The monoisotopic (exact) mass is 339 g/mol. The van der Waals surface area contributed by atoms with Crippen LogP contribution in [0.4, 0.5) is 0 Å². The van der Waals surface area contributed by atoms with Gasteiger partial charge in [0.05, 0.1) is 9.21 Å². The van der Waals surface area contributed by atoms with E-state index in [0.717, 1.165) is 11.3 Å². The van der Waals surface area contributed by atoms with Crippen LogP contribution in [0.2, 0.25) is 4.34 Å². The van der Waals surface area contributed by atoms with Gasteiger partial charge in [-0.3, -0.25) is 9.59 Å². The fourth-order valence-corrected chi connectivity index (χ4v) is 3.19. The van der Waals surface area contributed by atoms with Crippen LogP contribution in [0.5, 0.6) is 0 Å². The van der Waals surface area contributed by atoms with Crippen LogP contribution in [0.25, 0.3) is 0 Å². The average Bonchev–Trinajstić information content (AvgIpc) is 2.99. The molecular formula is C15H14ClNO4S. The van der Waals surface area contributed by atoms with E-state index in [1.165, 1.54) is 6.92 Å². The summed E-state index contributed by atoms with van der Waals surface area (Å²) in [5, 5.41) is 0. The first-order chi connectivity index (χ1) is 10.3. The first-order valence-corrected chi connectivity index (χ1v) is 7.66. The number of ketones is 2. The molecule has 0 saturated heterocycles. The average molecular weight is 340 g/mol. The molecule has 1 N–H and O–H groups in total. The van der Waals surface area contributed by atoms with Gasteiger partial charge in [-0.1, -0.05) is 11.6 Å². The van der Waals surface area contributed by atoms with Gasteiger partial charge in [0, 0.05) is 11.3 Å². The van der Waals surface area contributed by atoms with Crippen LogP contribution < -0.4 is 0 Å². The lowest BCUT2D eigenvalue weighted by Crippen LogP contribution is -2.14. The minimum atomic E-state index is -0.663. The molecule has 2 rings (SSSR count). The number of hydrogen-bond donors (Lipinski definition) is 1. The molecule has 22 heavy (non-hydrogen) atoms. The molecule has 2 heterocycles. The molecule has 5 nitrogen and oxygen atoms in total. The largest absolute Gasteiger partial charge is 0.453 e. The minimum absolute atomic E-state index is 0.130. The predicted octanol–water partition coefficient (Wildman–Crippen LogP) is 3.59. The van der Waals surface area contributed by atoms with Gasteiger partial charge in [-0.05, 0) is 38.5 Å². The van der Waals surface area contributed by atoms with Crippen LogP contribution in [-0.2, 0) is 4.74 Å². The Morgan fingerprint density at radius 3 is 2.45 bits per heavy atom. The molecule has 0 aliphatic heterocycles. The maximum absolute atomic E-state index is 12.1. The Labute approximate surface area is 136 Å². The van der Waals surface area contributed by atoms with Crippen LogP contribution in [0.1, 0.15) is 48.7 Å². The zero-order valence-electron chi connectivity index (χ0n) is 12.3. The second-order valence-electron chi connectivity index (χ2n) is 4.78. The number of carbonyl (C=O) groups is 3. The summed E-state index contributed by atoms with van der Waals surface area (Å²) < 4.78 is 5.51. The van der Waals surface area contributed by atoms with Gasteiger partial charge in [0.2, 0.25) is 5.78 Å². The lowest BCUT2D eigenvalue weighted by Gasteiger charge is -2.03. The Balaban J connectivity index is 2.09. The number of aromatic nitrogens is 1. The molecule has 2 aromatic heterocycles. The summed E-state index contributed by atoms with van der Waals surface area (Å²) in [7, 11) is 0. The van der Waals surface area contributed by atoms with E-state index in [4.69, 9.17) is 16.3 Å². The minimum Gasteiger partial charge on any atom is -0.453 e. The molecule has 0 saturated carbocycles. The summed E-state index contributed by atoms with van der Waals surface area (Å²) in [6.45, 7) is 4.43. The predicted molar refractivity (Wildman–Crippen MR) is 84.2 cm³/mol. The fraction of sp³-hybridized carbons (Fsp3) is 0.267. The van der Waals surface area contributed by atoms with Gasteiger partial charge >= 0.3 is 5.97 Å². The van der Waals surface area contributed by atoms with Gasteiger partial charge in [0.15, 0.2) is 12.4 Å². The Bertz CT molecular complexity index is 760. The van der Waals surface area contributed by atoms with Gasteiger partial charge < -0.3 is 9.72 Å². The number of H-pyrrole nitrogens is 1. The number of thiophene rings is 1. The van der Waals surface area contributed by atoms with Crippen molar-refractivity contribution < 1.29 is 19.1 Å². The normalized spacial score (nSPS) is 10.5. The standard InChI is InChI=1S/C15H14ClNO4S/c1-7-13(9(3)18)8(2)17-14(7)15(20)21-6-10(19)11-4-5-12(16)22-11/h4-5,17H,6H2,1-3H3.